The molecule has 7 rings (SSSR count). The number of nitrogens with one attached hydrogen (secondary N) is 5. The van der Waals surface area contributed by atoms with Crippen molar-refractivity contribution < 1.29 is 33.8 Å². The molecule has 0 aliphatic carbocycles. The van der Waals surface area contributed by atoms with E-state index in [9.17, 15) is 24.3 Å². The molecule has 268 valence electrons. The summed E-state index contributed by atoms with van der Waals surface area (Å²) in [6.07, 6.45) is 0.740. The van der Waals surface area contributed by atoms with Gasteiger partial charge in [-0.2, -0.15) is 0 Å². The number of aliphatic hydroxyl groups is 1. The lowest BCUT2D eigenvalue weighted by atomic mass is 9.89. The average molecular weight is 698 g/mol. The van der Waals surface area contributed by atoms with Crippen molar-refractivity contribution in [3.8, 4) is 11.5 Å². The number of ether oxygens (including phenoxy) is 2. The molecule has 3 aliphatic rings. The van der Waals surface area contributed by atoms with Gasteiger partial charge in [-0.1, -0.05) is 42.5 Å². The maximum atomic E-state index is 14.4. The Morgan fingerprint density at radius 2 is 1.51 bits per heavy atom. The predicted octanol–water partition coefficient (Wildman–Crippen LogP) is 1.19. The molecule has 1 saturated heterocycles. The number of aromatic amines is 1. The number of rotatable bonds is 5. The Morgan fingerprint density at radius 3 is 2.24 bits per heavy atom. The maximum Gasteiger partial charge on any atom is 0.264 e. The molecule has 51 heavy (non-hydrogen) atoms. The Kier molecular flexibility index (Phi) is 11.1. The highest BCUT2D eigenvalue weighted by Crippen LogP contribution is 2.31. The van der Waals surface area contributed by atoms with E-state index in [1.807, 2.05) is 54.6 Å². The van der Waals surface area contributed by atoms with E-state index < -0.39 is 54.0 Å². The number of likely N-dealkylation sites (tertiary alicyclic amines) is 1. The zero-order valence-electron chi connectivity index (χ0n) is 28.4. The molecule has 3 atom stereocenters. The van der Waals surface area contributed by atoms with Crippen molar-refractivity contribution in [3.05, 3.63) is 90.3 Å². The van der Waals surface area contributed by atoms with E-state index in [1.54, 1.807) is 24.3 Å². The maximum absolute atomic E-state index is 14.4. The van der Waals surface area contributed by atoms with Crippen LogP contribution < -0.4 is 30.7 Å². The molecule has 6 N–H and O–H groups in total. The van der Waals surface area contributed by atoms with E-state index in [2.05, 4.69) is 31.2 Å². The minimum atomic E-state index is -1.37. The number of aromatic nitrogens is 2. The van der Waals surface area contributed by atoms with Crippen LogP contribution in [0.3, 0.4) is 0 Å². The molecule has 14 nitrogen and oxygen atoms in total. The first-order valence-corrected chi connectivity index (χ1v) is 17.1. The molecule has 3 aromatic carbocycles. The summed E-state index contributed by atoms with van der Waals surface area (Å²) in [4.78, 5) is 64.2. The fourth-order valence-corrected chi connectivity index (χ4v) is 6.26. The van der Waals surface area contributed by atoms with Gasteiger partial charge >= 0.3 is 0 Å². The van der Waals surface area contributed by atoms with Gasteiger partial charge in [0.1, 0.15) is 42.1 Å². The van der Waals surface area contributed by atoms with Crippen molar-refractivity contribution in [2.24, 2.45) is 0 Å². The van der Waals surface area contributed by atoms with Gasteiger partial charge in [-0.15, -0.1) is 0 Å². The summed E-state index contributed by atoms with van der Waals surface area (Å²) >= 11 is 0. The van der Waals surface area contributed by atoms with E-state index in [4.69, 9.17) is 14.5 Å². The number of amides is 4. The van der Waals surface area contributed by atoms with Crippen LogP contribution in [-0.4, -0.2) is 100 Å². The van der Waals surface area contributed by atoms with E-state index in [0.29, 0.717) is 44.0 Å². The lowest BCUT2D eigenvalue weighted by molar-refractivity contribution is -0.144. The number of benzene rings is 3. The van der Waals surface area contributed by atoms with E-state index in [1.165, 1.54) is 6.92 Å². The van der Waals surface area contributed by atoms with Crippen molar-refractivity contribution in [1.29, 1.82) is 0 Å². The number of H-pyrrole nitrogens is 1. The van der Waals surface area contributed by atoms with Crippen LogP contribution >= 0.6 is 0 Å². The Bertz CT molecular complexity index is 1790. The van der Waals surface area contributed by atoms with E-state index in [0.717, 1.165) is 22.4 Å². The lowest BCUT2D eigenvalue weighted by Gasteiger charge is -2.41. The summed E-state index contributed by atoms with van der Waals surface area (Å²) in [5.41, 5.74) is 1.27. The Labute approximate surface area is 295 Å². The number of hydrogen-bond donors (Lipinski definition) is 6. The number of piperidine rings is 1. The van der Waals surface area contributed by atoms with Crippen molar-refractivity contribution in [1.82, 2.24) is 36.1 Å². The van der Waals surface area contributed by atoms with Crippen LogP contribution in [0.25, 0.3) is 11.0 Å². The minimum Gasteiger partial charge on any atom is -0.492 e. The SMILES string of the molecule is C[C@@H]1NC(=O)[C@H](CO)NC(=O)[C@@H](Cc2ccccc2)NC(=O)C2(CCN(Cc3nc4ccccc4[nH]3)CC2)Oc2ccc(cc2)OCCNC1=O. The number of para-hydroxylation sites is 2. The monoisotopic (exact) mass is 697 g/mol. The molecule has 4 aromatic rings. The number of aliphatic hydroxyl groups excluding tert-OH is 1. The summed E-state index contributed by atoms with van der Waals surface area (Å²) in [6, 6.07) is 20.4. The Balaban J connectivity index is 1.27. The van der Waals surface area contributed by atoms with Gasteiger partial charge in [0, 0.05) is 32.4 Å². The third kappa shape index (κ3) is 8.83. The summed E-state index contributed by atoms with van der Waals surface area (Å²) in [6.45, 7) is 2.69. The molecular weight excluding hydrogens is 654 g/mol. The highest BCUT2D eigenvalue weighted by molar-refractivity contribution is 5.95. The molecule has 2 bridgehead atoms. The van der Waals surface area contributed by atoms with Crippen molar-refractivity contribution in [2.75, 3.05) is 32.8 Å². The third-order valence-electron chi connectivity index (χ3n) is 9.17. The molecule has 3 aliphatic heterocycles. The van der Waals surface area contributed by atoms with Crippen molar-refractivity contribution in [3.63, 3.8) is 0 Å². The zero-order valence-corrected chi connectivity index (χ0v) is 28.4. The number of nitrogens with zero attached hydrogens (tertiary/aromatic N) is 2. The average Bonchev–Trinajstić information content (AvgIpc) is 3.55. The van der Waals surface area contributed by atoms with Gasteiger partial charge in [0.2, 0.25) is 17.7 Å². The van der Waals surface area contributed by atoms with Gasteiger partial charge in [-0.3, -0.25) is 24.1 Å². The van der Waals surface area contributed by atoms with Gasteiger partial charge in [0.05, 0.1) is 30.7 Å². The second-order valence-corrected chi connectivity index (χ2v) is 12.9. The van der Waals surface area contributed by atoms with Crippen LogP contribution in [-0.2, 0) is 32.1 Å². The summed E-state index contributed by atoms with van der Waals surface area (Å²) in [7, 11) is 0. The van der Waals surface area contributed by atoms with Crippen molar-refractivity contribution >= 4 is 34.7 Å². The predicted molar refractivity (Wildman–Crippen MR) is 188 cm³/mol. The molecule has 0 saturated carbocycles. The standard InChI is InChI=1S/C37H43N7O7/c1-24-33(46)38-17-20-50-26-11-13-27(14-12-26)51-37(15-18-44(19-16-37)22-32-40-28-9-5-6-10-29(28)41-32)36(49)43-30(21-25-7-3-2-4-8-25)34(47)42-31(23-45)35(48)39-24/h2-14,24,30-31,45H,15-23H2,1H3,(H,38,46)(H,39,48)(H,40,41)(H,42,47)(H,43,49)/t24-,30+,31-/m0/s1. The fraction of sp³-hybridized carbons (Fsp3) is 0.378. The smallest absolute Gasteiger partial charge is 0.264 e. The van der Waals surface area contributed by atoms with Crippen LogP contribution in [0.5, 0.6) is 11.5 Å². The number of carbonyl (C=O) groups excluding carboxylic acids is 4. The van der Waals surface area contributed by atoms with Gasteiger partial charge in [-0.25, -0.2) is 4.98 Å². The number of imidazole rings is 1. The summed E-state index contributed by atoms with van der Waals surface area (Å²) in [5, 5.41) is 20.8. The minimum absolute atomic E-state index is 0.108. The third-order valence-corrected chi connectivity index (χ3v) is 9.17. The van der Waals surface area contributed by atoms with Crippen LogP contribution in [0.1, 0.15) is 31.2 Å². The quantitative estimate of drug-likeness (QED) is 0.167. The molecule has 4 heterocycles. The van der Waals surface area contributed by atoms with Gasteiger partial charge in [0.15, 0.2) is 5.60 Å². The Morgan fingerprint density at radius 1 is 0.824 bits per heavy atom. The fourth-order valence-electron chi connectivity index (χ4n) is 6.26. The van der Waals surface area contributed by atoms with Crippen LogP contribution in [0.2, 0.25) is 0 Å². The molecule has 4 amide bonds. The first-order valence-electron chi connectivity index (χ1n) is 17.1. The lowest BCUT2D eigenvalue weighted by Crippen LogP contribution is -2.62. The molecule has 1 aromatic heterocycles. The highest BCUT2D eigenvalue weighted by atomic mass is 16.5. The molecule has 1 spiro atoms. The van der Waals surface area contributed by atoms with E-state index in [-0.39, 0.29) is 19.6 Å². The van der Waals surface area contributed by atoms with Crippen LogP contribution in [0, 0.1) is 0 Å². The summed E-state index contributed by atoms with van der Waals surface area (Å²) < 4.78 is 12.3. The summed E-state index contributed by atoms with van der Waals surface area (Å²) in [5.74, 6) is -0.562. The molecule has 0 radical (unpaired) electrons. The zero-order chi connectivity index (χ0) is 35.8. The topological polar surface area (TPSA) is 187 Å². The van der Waals surface area contributed by atoms with Gasteiger partial charge < -0.3 is 40.8 Å². The van der Waals surface area contributed by atoms with Gasteiger partial charge in [-0.05, 0) is 48.9 Å². The van der Waals surface area contributed by atoms with Gasteiger partial charge in [0.25, 0.3) is 5.91 Å². The molecule has 0 unspecified atom stereocenters. The number of fused-ring (bicyclic) bond motifs is 16. The van der Waals surface area contributed by atoms with Crippen LogP contribution in [0.4, 0.5) is 0 Å². The second kappa shape index (κ2) is 16.0. The highest BCUT2D eigenvalue weighted by Gasteiger charge is 2.45. The normalized spacial score (nSPS) is 22.3. The molecular formula is C37H43N7O7. The Hall–Kier alpha value is -5.47. The molecule has 1 fully saturated rings. The number of hydrogen-bond acceptors (Lipinski definition) is 9. The first-order chi connectivity index (χ1) is 24.7. The van der Waals surface area contributed by atoms with Crippen LogP contribution in [0.15, 0.2) is 78.9 Å². The molecule has 14 heteroatoms. The largest absolute Gasteiger partial charge is 0.492 e. The second-order valence-electron chi connectivity index (χ2n) is 12.9. The number of carbonyl (C=O) groups is 4. The van der Waals surface area contributed by atoms with Crippen molar-refractivity contribution in [2.45, 2.75) is 56.5 Å². The first kappa shape index (κ1) is 35.4. The van der Waals surface area contributed by atoms with E-state index >= 15 is 0 Å².